The van der Waals surface area contributed by atoms with Crippen LogP contribution < -0.4 is 9.47 Å². The molecule has 0 N–H and O–H groups in total. The van der Waals surface area contributed by atoms with Gasteiger partial charge in [-0.1, -0.05) is 36.0 Å². The molecule has 1 amide bonds. The normalized spacial score (nSPS) is 17.7. The minimum Gasteiger partial charge on any atom is -0.486 e. The van der Waals surface area contributed by atoms with Gasteiger partial charge < -0.3 is 14.4 Å². The van der Waals surface area contributed by atoms with Gasteiger partial charge >= 0.3 is 0 Å². The first kappa shape index (κ1) is 19.9. The second-order valence-electron chi connectivity index (χ2n) is 7.64. The Morgan fingerprint density at radius 2 is 1.90 bits per heavy atom. The van der Waals surface area contributed by atoms with E-state index >= 15 is 0 Å². The quantitative estimate of drug-likeness (QED) is 0.567. The molecule has 8 heteroatoms. The molecule has 0 unspecified atom stereocenters. The number of likely N-dealkylation sites (tertiary alicyclic amines) is 1. The zero-order valence-electron chi connectivity index (χ0n) is 17.4. The van der Waals surface area contributed by atoms with Crippen LogP contribution in [0.25, 0.3) is 5.69 Å². The summed E-state index contributed by atoms with van der Waals surface area (Å²) in [6, 6.07) is 16.1. The molecule has 2 aliphatic rings. The molecule has 7 nitrogen and oxygen atoms in total. The third-order valence-electron chi connectivity index (χ3n) is 5.66. The van der Waals surface area contributed by atoms with Crippen molar-refractivity contribution in [1.29, 1.82) is 0 Å². The van der Waals surface area contributed by atoms with E-state index in [1.165, 1.54) is 11.8 Å². The molecule has 0 saturated carbocycles. The second-order valence-corrected chi connectivity index (χ2v) is 8.58. The lowest BCUT2D eigenvalue weighted by atomic mass is 10.0. The van der Waals surface area contributed by atoms with Crippen molar-refractivity contribution in [2.45, 2.75) is 31.0 Å². The minimum absolute atomic E-state index is 0.0673. The van der Waals surface area contributed by atoms with Crippen LogP contribution in [0, 0.1) is 6.92 Å². The second kappa shape index (κ2) is 8.63. The van der Waals surface area contributed by atoms with Crippen molar-refractivity contribution in [3.05, 3.63) is 59.9 Å². The van der Waals surface area contributed by atoms with Crippen LogP contribution >= 0.6 is 11.8 Å². The van der Waals surface area contributed by atoms with Gasteiger partial charge in [-0.25, -0.2) is 0 Å². The summed E-state index contributed by atoms with van der Waals surface area (Å²) in [7, 11) is 0. The van der Waals surface area contributed by atoms with Crippen LogP contribution in [0.5, 0.6) is 11.5 Å². The number of nitrogens with zero attached hydrogens (tertiary/aromatic N) is 4. The van der Waals surface area contributed by atoms with Gasteiger partial charge in [0, 0.05) is 12.2 Å². The number of aryl methyl sites for hydroxylation is 1. The number of rotatable bonds is 5. The third kappa shape index (κ3) is 3.99. The number of para-hydroxylation sites is 1. The first-order valence-electron chi connectivity index (χ1n) is 10.5. The largest absolute Gasteiger partial charge is 0.486 e. The Labute approximate surface area is 185 Å². The summed E-state index contributed by atoms with van der Waals surface area (Å²) in [4.78, 5) is 15.1. The van der Waals surface area contributed by atoms with E-state index in [0.29, 0.717) is 19.0 Å². The zero-order chi connectivity index (χ0) is 21.2. The van der Waals surface area contributed by atoms with Gasteiger partial charge in [0.05, 0.1) is 11.8 Å². The maximum absolute atomic E-state index is 13.1. The monoisotopic (exact) mass is 436 g/mol. The molecule has 3 aromatic rings. The van der Waals surface area contributed by atoms with Crippen LogP contribution in [0.3, 0.4) is 0 Å². The van der Waals surface area contributed by atoms with E-state index < -0.39 is 0 Å². The smallest absolute Gasteiger partial charge is 0.233 e. The van der Waals surface area contributed by atoms with Crippen molar-refractivity contribution in [2.24, 2.45) is 0 Å². The first-order chi connectivity index (χ1) is 15.2. The summed E-state index contributed by atoms with van der Waals surface area (Å²) in [5.41, 5.74) is 2.10. The summed E-state index contributed by atoms with van der Waals surface area (Å²) in [5, 5.41) is 9.23. The van der Waals surface area contributed by atoms with E-state index in [0.717, 1.165) is 53.1 Å². The summed E-state index contributed by atoms with van der Waals surface area (Å²) in [5.74, 6) is 2.78. The van der Waals surface area contributed by atoms with Crippen LogP contribution in [-0.4, -0.2) is 51.1 Å². The molecule has 0 bridgehead atoms. The number of amides is 1. The lowest BCUT2D eigenvalue weighted by molar-refractivity contribution is -0.129. The highest BCUT2D eigenvalue weighted by Crippen LogP contribution is 2.38. The fourth-order valence-electron chi connectivity index (χ4n) is 4.20. The van der Waals surface area contributed by atoms with Gasteiger partial charge in [-0.3, -0.25) is 9.36 Å². The van der Waals surface area contributed by atoms with E-state index in [-0.39, 0.29) is 11.9 Å². The molecule has 5 rings (SSSR count). The van der Waals surface area contributed by atoms with Gasteiger partial charge in [-0.05, 0) is 49.6 Å². The number of aromatic nitrogens is 3. The molecule has 1 aromatic heterocycles. The molecule has 0 aliphatic carbocycles. The molecule has 0 spiro atoms. The molecule has 1 fully saturated rings. The van der Waals surface area contributed by atoms with E-state index in [9.17, 15) is 4.79 Å². The van der Waals surface area contributed by atoms with Crippen molar-refractivity contribution in [3.8, 4) is 17.2 Å². The highest BCUT2D eigenvalue weighted by molar-refractivity contribution is 7.99. The average molecular weight is 437 g/mol. The number of thioether (sulfide) groups is 1. The number of hydrogen-bond acceptors (Lipinski definition) is 6. The van der Waals surface area contributed by atoms with E-state index in [2.05, 4.69) is 10.2 Å². The molecule has 2 aromatic carbocycles. The van der Waals surface area contributed by atoms with Gasteiger partial charge in [-0.2, -0.15) is 0 Å². The highest BCUT2D eigenvalue weighted by Gasteiger charge is 2.31. The number of carbonyl (C=O) groups is 1. The molecule has 160 valence electrons. The van der Waals surface area contributed by atoms with E-state index in [4.69, 9.17) is 9.47 Å². The van der Waals surface area contributed by atoms with Crippen molar-refractivity contribution in [1.82, 2.24) is 19.7 Å². The number of carbonyl (C=O) groups excluding carboxylic acids is 1. The van der Waals surface area contributed by atoms with E-state index in [1.54, 1.807) is 0 Å². The van der Waals surface area contributed by atoms with Gasteiger partial charge in [0.2, 0.25) is 5.91 Å². The fraction of sp³-hybridized carbons (Fsp3) is 0.348. The SMILES string of the molecule is Cc1nnc(SCC(=O)N2CCC[C@H]2c2ccc3c(c2)OCCO3)n1-c1ccccc1. The van der Waals surface area contributed by atoms with E-state index in [1.807, 2.05) is 64.9 Å². The topological polar surface area (TPSA) is 69.5 Å². The van der Waals surface area contributed by atoms with Crippen LogP contribution in [0.2, 0.25) is 0 Å². The Morgan fingerprint density at radius 3 is 2.74 bits per heavy atom. The maximum Gasteiger partial charge on any atom is 0.233 e. The standard InChI is InChI=1S/C23H24N4O3S/c1-16-24-25-23(27(16)18-6-3-2-4-7-18)31-15-22(28)26-11-5-8-19(26)17-9-10-20-21(14-17)30-13-12-29-20/h2-4,6-7,9-10,14,19H,5,8,11-13,15H2,1H3/t19-/m0/s1. The lowest BCUT2D eigenvalue weighted by Gasteiger charge is -2.26. The number of fused-ring (bicyclic) bond motifs is 1. The minimum atomic E-state index is 0.0673. The van der Waals surface area contributed by atoms with Crippen LogP contribution in [0.4, 0.5) is 0 Å². The molecular weight excluding hydrogens is 412 g/mol. The average Bonchev–Trinajstić information content (AvgIpc) is 3.44. The van der Waals surface area contributed by atoms with Crippen molar-refractivity contribution < 1.29 is 14.3 Å². The Bertz CT molecular complexity index is 1090. The summed E-state index contributed by atoms with van der Waals surface area (Å²) in [6.45, 7) is 3.82. The van der Waals surface area contributed by atoms with Crippen LogP contribution in [0.15, 0.2) is 53.7 Å². The Morgan fingerprint density at radius 1 is 1.10 bits per heavy atom. The Kier molecular flexibility index (Phi) is 5.55. The molecule has 2 aliphatic heterocycles. The van der Waals surface area contributed by atoms with Gasteiger partial charge in [-0.15, -0.1) is 10.2 Å². The number of ether oxygens (including phenoxy) is 2. The predicted octanol–water partition coefficient (Wildman–Crippen LogP) is 3.80. The molecule has 1 atom stereocenters. The maximum atomic E-state index is 13.1. The molecule has 31 heavy (non-hydrogen) atoms. The molecule has 1 saturated heterocycles. The Balaban J connectivity index is 1.30. The molecule has 3 heterocycles. The summed E-state index contributed by atoms with van der Waals surface area (Å²) in [6.07, 6.45) is 1.95. The summed E-state index contributed by atoms with van der Waals surface area (Å²) < 4.78 is 13.3. The van der Waals surface area contributed by atoms with Crippen LogP contribution in [0.1, 0.15) is 30.3 Å². The van der Waals surface area contributed by atoms with Crippen molar-refractivity contribution >= 4 is 17.7 Å². The third-order valence-corrected chi connectivity index (χ3v) is 6.57. The van der Waals surface area contributed by atoms with Crippen molar-refractivity contribution in [2.75, 3.05) is 25.5 Å². The number of hydrogen-bond donors (Lipinski definition) is 0. The van der Waals surface area contributed by atoms with Gasteiger partial charge in [0.25, 0.3) is 0 Å². The van der Waals surface area contributed by atoms with Gasteiger partial charge in [0.1, 0.15) is 19.0 Å². The van der Waals surface area contributed by atoms with Crippen LogP contribution in [-0.2, 0) is 4.79 Å². The number of benzene rings is 2. The molecule has 0 radical (unpaired) electrons. The first-order valence-corrected chi connectivity index (χ1v) is 11.5. The summed E-state index contributed by atoms with van der Waals surface area (Å²) >= 11 is 1.43. The zero-order valence-corrected chi connectivity index (χ0v) is 18.2. The highest BCUT2D eigenvalue weighted by atomic mass is 32.2. The fourth-order valence-corrected chi connectivity index (χ4v) is 5.08. The Hall–Kier alpha value is -3.00. The van der Waals surface area contributed by atoms with Gasteiger partial charge in [0.15, 0.2) is 16.7 Å². The predicted molar refractivity (Wildman–Crippen MR) is 118 cm³/mol. The molecular formula is C23H24N4O3S. The lowest BCUT2D eigenvalue weighted by Crippen LogP contribution is -2.32. The van der Waals surface area contributed by atoms with Crippen molar-refractivity contribution in [3.63, 3.8) is 0 Å².